The number of rotatable bonds is 8. The van der Waals surface area contributed by atoms with Crippen molar-refractivity contribution in [2.24, 2.45) is 5.73 Å². The fraction of sp³-hybridized carbons (Fsp3) is 0.455. The third-order valence-electron chi connectivity index (χ3n) is 5.18. The Hall–Kier alpha value is -1.07. The van der Waals surface area contributed by atoms with Crippen molar-refractivity contribution in [3.05, 3.63) is 54.1 Å². The van der Waals surface area contributed by atoms with E-state index in [1.807, 2.05) is 11.8 Å². The van der Waals surface area contributed by atoms with Crippen molar-refractivity contribution in [3.8, 4) is 11.1 Å². The van der Waals surface area contributed by atoms with Gasteiger partial charge >= 0.3 is 0 Å². The summed E-state index contributed by atoms with van der Waals surface area (Å²) in [5.41, 5.74) is 9.58. The van der Waals surface area contributed by atoms with E-state index in [1.54, 1.807) is 0 Å². The highest BCUT2D eigenvalue weighted by molar-refractivity contribution is 7.99. The zero-order valence-corrected chi connectivity index (χ0v) is 18.7. The van der Waals surface area contributed by atoms with Gasteiger partial charge in [0.25, 0.3) is 0 Å². The molecule has 0 saturated heterocycles. The third-order valence-corrected chi connectivity index (χ3v) is 10.9. The Bertz CT molecular complexity index is 695. The first kappa shape index (κ1) is 21.2. The molecule has 0 aliphatic rings. The smallest absolute Gasteiger partial charge is 0.191 e. The molecule has 2 N–H and O–H groups in total. The Morgan fingerprint density at radius 2 is 1.73 bits per heavy atom. The molecule has 0 aliphatic heterocycles. The van der Waals surface area contributed by atoms with E-state index in [9.17, 15) is 0 Å². The first-order valence-corrected chi connectivity index (χ1v) is 13.3. The van der Waals surface area contributed by atoms with Crippen molar-refractivity contribution in [1.82, 2.24) is 0 Å². The molecule has 0 bridgehead atoms. The molecule has 0 saturated carbocycles. The Morgan fingerprint density at radius 1 is 1.04 bits per heavy atom. The number of hydrogen-bond acceptors (Lipinski definition) is 3. The van der Waals surface area contributed by atoms with Crippen LogP contribution in [0.1, 0.15) is 32.8 Å². The fourth-order valence-electron chi connectivity index (χ4n) is 2.45. The lowest BCUT2D eigenvalue weighted by Gasteiger charge is -2.36. The van der Waals surface area contributed by atoms with Gasteiger partial charge in [0.1, 0.15) is 0 Å². The highest BCUT2D eigenvalue weighted by Crippen LogP contribution is 2.37. The molecule has 2 rings (SSSR count). The normalized spacial score (nSPS) is 12.4. The van der Waals surface area contributed by atoms with Crippen LogP contribution in [-0.2, 0) is 11.0 Å². The molecule has 0 radical (unpaired) electrons. The highest BCUT2D eigenvalue weighted by atomic mass is 32.2. The maximum atomic E-state index is 6.30. The second-order valence-electron chi connectivity index (χ2n) is 8.21. The van der Waals surface area contributed by atoms with Crippen molar-refractivity contribution in [2.45, 2.75) is 56.8 Å². The standard InChI is InChI=1S/C22H33NOSSi/c1-22(2,3)26(4,5)24-14-9-15-25-21-16-18(17-23)12-13-20(21)19-10-7-6-8-11-19/h6-8,10-13,16H,9,14-15,17,23H2,1-5H3. The Labute approximate surface area is 164 Å². The van der Waals surface area contributed by atoms with Gasteiger partial charge in [-0.05, 0) is 47.3 Å². The van der Waals surface area contributed by atoms with Crippen LogP contribution in [0.2, 0.25) is 18.1 Å². The lowest BCUT2D eigenvalue weighted by atomic mass is 10.0. The molecule has 0 heterocycles. The largest absolute Gasteiger partial charge is 0.417 e. The van der Waals surface area contributed by atoms with E-state index in [0.717, 1.165) is 18.8 Å². The number of thioether (sulfide) groups is 1. The van der Waals surface area contributed by atoms with Gasteiger partial charge in [-0.15, -0.1) is 11.8 Å². The summed E-state index contributed by atoms with van der Waals surface area (Å²) in [6.07, 6.45) is 1.07. The lowest BCUT2D eigenvalue weighted by molar-refractivity contribution is 0.289. The molecule has 2 aromatic carbocycles. The molecule has 0 spiro atoms. The van der Waals surface area contributed by atoms with Crippen molar-refractivity contribution in [3.63, 3.8) is 0 Å². The molecule has 0 atom stereocenters. The van der Waals surface area contributed by atoms with Crippen LogP contribution in [0.15, 0.2) is 53.4 Å². The summed E-state index contributed by atoms with van der Waals surface area (Å²) < 4.78 is 6.30. The molecule has 0 unspecified atom stereocenters. The predicted octanol–water partition coefficient (Wildman–Crippen LogP) is 6.32. The molecule has 0 aliphatic carbocycles. The molecule has 142 valence electrons. The average Bonchev–Trinajstić information content (AvgIpc) is 2.61. The fourth-order valence-corrected chi connectivity index (χ4v) is 4.60. The van der Waals surface area contributed by atoms with E-state index < -0.39 is 8.32 Å². The summed E-state index contributed by atoms with van der Waals surface area (Å²) in [6.45, 7) is 12.9. The van der Waals surface area contributed by atoms with Crippen LogP contribution in [-0.4, -0.2) is 20.7 Å². The molecule has 0 fully saturated rings. The van der Waals surface area contributed by atoms with Crippen LogP contribution in [0, 0.1) is 0 Å². The Kier molecular flexibility index (Phi) is 7.53. The van der Waals surface area contributed by atoms with Crippen LogP contribution < -0.4 is 5.73 Å². The Balaban J connectivity index is 1.99. The van der Waals surface area contributed by atoms with Gasteiger partial charge in [0.2, 0.25) is 0 Å². The maximum absolute atomic E-state index is 6.30. The molecule has 26 heavy (non-hydrogen) atoms. The number of hydrogen-bond donors (Lipinski definition) is 1. The van der Waals surface area contributed by atoms with E-state index >= 15 is 0 Å². The SMILES string of the molecule is CC(C)(C)[Si](C)(C)OCCCSc1cc(CN)ccc1-c1ccccc1. The summed E-state index contributed by atoms with van der Waals surface area (Å²) in [6, 6.07) is 17.1. The summed E-state index contributed by atoms with van der Waals surface area (Å²) in [5, 5.41) is 0.274. The first-order chi connectivity index (χ1) is 12.2. The van der Waals surface area contributed by atoms with Crippen LogP contribution in [0.5, 0.6) is 0 Å². The van der Waals surface area contributed by atoms with Crippen LogP contribution in [0.25, 0.3) is 11.1 Å². The van der Waals surface area contributed by atoms with E-state index in [-0.39, 0.29) is 5.04 Å². The van der Waals surface area contributed by atoms with E-state index in [4.69, 9.17) is 10.2 Å². The molecule has 0 aromatic heterocycles. The zero-order chi connectivity index (χ0) is 19.2. The van der Waals surface area contributed by atoms with Crippen molar-refractivity contribution in [1.29, 1.82) is 0 Å². The summed E-state index contributed by atoms with van der Waals surface area (Å²) in [4.78, 5) is 1.31. The number of nitrogens with two attached hydrogens (primary N) is 1. The van der Waals surface area contributed by atoms with Gasteiger partial charge in [-0.1, -0.05) is 63.2 Å². The minimum absolute atomic E-state index is 0.274. The van der Waals surface area contributed by atoms with E-state index in [2.05, 4.69) is 82.4 Å². The van der Waals surface area contributed by atoms with E-state index in [0.29, 0.717) is 6.54 Å². The zero-order valence-electron chi connectivity index (χ0n) is 16.8. The summed E-state index contributed by atoms with van der Waals surface area (Å²) >= 11 is 1.91. The minimum Gasteiger partial charge on any atom is -0.417 e. The molecule has 0 amide bonds. The predicted molar refractivity (Wildman–Crippen MR) is 118 cm³/mol. The summed E-state index contributed by atoms with van der Waals surface area (Å²) in [7, 11) is -1.64. The van der Waals surface area contributed by atoms with Crippen LogP contribution in [0.3, 0.4) is 0 Å². The quantitative estimate of drug-likeness (QED) is 0.327. The van der Waals surface area contributed by atoms with Crippen LogP contribution >= 0.6 is 11.8 Å². The van der Waals surface area contributed by atoms with Gasteiger partial charge in [-0.2, -0.15) is 0 Å². The summed E-state index contributed by atoms with van der Waals surface area (Å²) in [5.74, 6) is 1.06. The minimum atomic E-state index is -1.64. The van der Waals surface area contributed by atoms with Crippen molar-refractivity contribution < 1.29 is 4.43 Å². The molecule has 4 heteroatoms. The Morgan fingerprint density at radius 3 is 2.35 bits per heavy atom. The number of benzene rings is 2. The first-order valence-electron chi connectivity index (χ1n) is 9.40. The van der Waals surface area contributed by atoms with Crippen molar-refractivity contribution in [2.75, 3.05) is 12.4 Å². The average molecular weight is 388 g/mol. The topological polar surface area (TPSA) is 35.2 Å². The molecule has 2 aromatic rings. The van der Waals surface area contributed by atoms with Crippen LogP contribution in [0.4, 0.5) is 0 Å². The van der Waals surface area contributed by atoms with E-state index in [1.165, 1.54) is 21.6 Å². The van der Waals surface area contributed by atoms with Gasteiger partial charge in [0.15, 0.2) is 8.32 Å². The van der Waals surface area contributed by atoms with Gasteiger partial charge in [0, 0.05) is 23.8 Å². The highest BCUT2D eigenvalue weighted by Gasteiger charge is 2.36. The lowest BCUT2D eigenvalue weighted by Crippen LogP contribution is -2.41. The molecular formula is C22H33NOSSi. The maximum Gasteiger partial charge on any atom is 0.191 e. The van der Waals surface area contributed by atoms with Gasteiger partial charge in [-0.3, -0.25) is 0 Å². The van der Waals surface area contributed by atoms with Gasteiger partial charge in [-0.25, -0.2) is 0 Å². The molecular weight excluding hydrogens is 354 g/mol. The second-order valence-corrected chi connectivity index (χ2v) is 14.2. The molecule has 2 nitrogen and oxygen atoms in total. The second kappa shape index (κ2) is 9.22. The third kappa shape index (κ3) is 5.71. The van der Waals surface area contributed by atoms with Gasteiger partial charge in [0.05, 0.1) is 0 Å². The monoisotopic (exact) mass is 387 g/mol. The van der Waals surface area contributed by atoms with Crippen molar-refractivity contribution >= 4 is 20.1 Å². The van der Waals surface area contributed by atoms with Gasteiger partial charge < -0.3 is 10.2 Å².